The highest BCUT2D eigenvalue weighted by Gasteiger charge is 2.12. The number of aromatic nitrogens is 1. The van der Waals surface area contributed by atoms with Gasteiger partial charge in [0.25, 0.3) is 5.69 Å². The van der Waals surface area contributed by atoms with Gasteiger partial charge in [-0.05, 0) is 43.7 Å². The van der Waals surface area contributed by atoms with Gasteiger partial charge in [0, 0.05) is 16.9 Å². The van der Waals surface area contributed by atoms with Crippen molar-refractivity contribution in [1.29, 1.82) is 0 Å². The first-order chi connectivity index (χ1) is 11.8. The molecule has 0 radical (unpaired) electrons. The number of benzene rings is 1. The number of rotatable bonds is 8. The second-order valence-corrected chi connectivity index (χ2v) is 7.43. The van der Waals surface area contributed by atoms with Crippen LogP contribution in [0.15, 0.2) is 36.5 Å². The number of nitrogens with one attached hydrogen (secondary N) is 2. The van der Waals surface area contributed by atoms with E-state index in [4.69, 9.17) is 0 Å². The molecule has 1 aromatic carbocycles. The van der Waals surface area contributed by atoms with Crippen LogP contribution >= 0.6 is 0 Å². The van der Waals surface area contributed by atoms with E-state index in [2.05, 4.69) is 15.0 Å². The summed E-state index contributed by atoms with van der Waals surface area (Å²) in [5, 5.41) is 13.8. The first-order valence-electron chi connectivity index (χ1n) is 7.79. The summed E-state index contributed by atoms with van der Waals surface area (Å²) in [5.74, 6) is 0.564. The molecule has 0 aliphatic heterocycles. The minimum Gasteiger partial charge on any atom is -0.340 e. The summed E-state index contributed by atoms with van der Waals surface area (Å²) in [6.07, 6.45) is 2.62. The average molecular weight is 364 g/mol. The maximum Gasteiger partial charge on any atom is 0.290 e. The van der Waals surface area contributed by atoms with Crippen LogP contribution in [0.4, 0.5) is 22.9 Å². The Balaban J connectivity index is 2.05. The molecule has 134 valence electrons. The molecule has 8 nitrogen and oxygen atoms in total. The van der Waals surface area contributed by atoms with Crippen LogP contribution < -0.4 is 10.0 Å². The number of unbranched alkanes of at least 4 members (excludes halogenated alkanes) is 1. The third kappa shape index (κ3) is 5.42. The van der Waals surface area contributed by atoms with Crippen LogP contribution in [-0.4, -0.2) is 24.1 Å². The Morgan fingerprint density at radius 1 is 1.20 bits per heavy atom. The zero-order valence-corrected chi connectivity index (χ0v) is 14.8. The lowest BCUT2D eigenvalue weighted by molar-refractivity contribution is -0.385. The molecule has 1 aromatic heterocycles. The van der Waals surface area contributed by atoms with Crippen molar-refractivity contribution >= 4 is 32.9 Å². The molecule has 2 rings (SSSR count). The Hall–Kier alpha value is -2.68. The molecule has 0 aliphatic carbocycles. The molecule has 0 saturated carbocycles. The Morgan fingerprint density at radius 3 is 2.40 bits per heavy atom. The van der Waals surface area contributed by atoms with Crippen molar-refractivity contribution in [3.8, 4) is 0 Å². The minimum atomic E-state index is -3.33. The van der Waals surface area contributed by atoms with Gasteiger partial charge in [0.2, 0.25) is 10.0 Å². The van der Waals surface area contributed by atoms with Crippen molar-refractivity contribution in [2.24, 2.45) is 0 Å². The summed E-state index contributed by atoms with van der Waals surface area (Å²) in [7, 11) is -3.33. The summed E-state index contributed by atoms with van der Waals surface area (Å²) in [6, 6.07) is 8.28. The maximum atomic E-state index is 11.9. The molecule has 0 fully saturated rings. The molecule has 0 unspecified atom stereocenters. The summed E-state index contributed by atoms with van der Waals surface area (Å²) in [5.41, 5.74) is 1.64. The molecule has 2 aromatic rings. The number of hydrogen-bond acceptors (Lipinski definition) is 6. The van der Waals surface area contributed by atoms with Crippen molar-refractivity contribution in [3.05, 3.63) is 52.2 Å². The quantitative estimate of drug-likeness (QED) is 0.546. The second-order valence-electron chi connectivity index (χ2n) is 5.59. The highest BCUT2D eigenvalue weighted by atomic mass is 32.2. The van der Waals surface area contributed by atoms with Crippen LogP contribution in [0.5, 0.6) is 0 Å². The lowest BCUT2D eigenvalue weighted by Crippen LogP contribution is -2.16. The molecule has 0 bridgehead atoms. The molecule has 2 N–H and O–H groups in total. The van der Waals surface area contributed by atoms with Gasteiger partial charge in [-0.25, -0.2) is 13.4 Å². The predicted molar refractivity (Wildman–Crippen MR) is 97.7 cm³/mol. The van der Waals surface area contributed by atoms with Crippen molar-refractivity contribution in [1.82, 2.24) is 4.98 Å². The molecule has 0 aliphatic rings. The lowest BCUT2D eigenvalue weighted by atomic mass is 10.2. The Kier molecular flexibility index (Phi) is 5.92. The van der Waals surface area contributed by atoms with Crippen LogP contribution in [0.3, 0.4) is 0 Å². The normalized spacial score (nSPS) is 11.1. The zero-order chi connectivity index (χ0) is 18.4. The van der Waals surface area contributed by atoms with Gasteiger partial charge in [0.1, 0.15) is 12.0 Å². The lowest BCUT2D eigenvalue weighted by Gasteiger charge is -2.10. The Labute approximate surface area is 146 Å². The smallest absolute Gasteiger partial charge is 0.290 e. The molecular weight excluding hydrogens is 344 g/mol. The van der Waals surface area contributed by atoms with Crippen molar-refractivity contribution in [3.63, 3.8) is 0 Å². The molecule has 1 heterocycles. The molecule has 0 spiro atoms. The number of anilines is 3. The summed E-state index contributed by atoms with van der Waals surface area (Å²) in [6.45, 7) is 3.57. The van der Waals surface area contributed by atoms with E-state index in [-0.39, 0.29) is 11.4 Å². The monoisotopic (exact) mass is 364 g/mol. The van der Waals surface area contributed by atoms with E-state index in [1.807, 2.05) is 6.92 Å². The largest absolute Gasteiger partial charge is 0.340 e. The van der Waals surface area contributed by atoms with Crippen LogP contribution in [0.1, 0.15) is 25.3 Å². The van der Waals surface area contributed by atoms with Crippen LogP contribution in [0.2, 0.25) is 0 Å². The van der Waals surface area contributed by atoms with E-state index in [1.54, 1.807) is 37.3 Å². The zero-order valence-electron chi connectivity index (χ0n) is 14.0. The number of nitro groups is 1. The standard InChI is InChI=1S/C16H20N4O4S/c1-3-4-9-25(23,24)19-14-7-5-13(6-8-14)18-16-10-12(2)15(11-17-16)20(21)22/h5-8,10-11,19H,3-4,9H2,1-2H3,(H,17,18). The average Bonchev–Trinajstić information content (AvgIpc) is 2.54. The van der Waals surface area contributed by atoms with Gasteiger partial charge in [0.15, 0.2) is 0 Å². The fraction of sp³-hybridized carbons (Fsp3) is 0.312. The molecule has 0 saturated heterocycles. The van der Waals surface area contributed by atoms with Gasteiger partial charge < -0.3 is 5.32 Å². The van der Waals surface area contributed by atoms with Crippen molar-refractivity contribution in [2.45, 2.75) is 26.7 Å². The fourth-order valence-corrected chi connectivity index (χ4v) is 3.41. The molecular formula is C16H20N4O4S. The van der Waals surface area contributed by atoms with E-state index in [0.717, 1.165) is 6.42 Å². The van der Waals surface area contributed by atoms with Crippen LogP contribution in [0.25, 0.3) is 0 Å². The SMILES string of the molecule is CCCCS(=O)(=O)Nc1ccc(Nc2cc(C)c([N+](=O)[O-])cn2)cc1. The van der Waals surface area contributed by atoms with Gasteiger partial charge in [-0.2, -0.15) is 0 Å². The van der Waals surface area contributed by atoms with Crippen LogP contribution in [0, 0.1) is 17.0 Å². The molecule has 9 heteroatoms. The van der Waals surface area contributed by atoms with Gasteiger partial charge in [0.05, 0.1) is 10.7 Å². The Bertz CT molecular complexity index is 851. The van der Waals surface area contributed by atoms with Crippen molar-refractivity contribution < 1.29 is 13.3 Å². The second kappa shape index (κ2) is 7.93. The van der Waals surface area contributed by atoms with Gasteiger partial charge in [-0.1, -0.05) is 13.3 Å². The van der Waals surface area contributed by atoms with Gasteiger partial charge >= 0.3 is 0 Å². The first kappa shape index (κ1) is 18.7. The van der Waals surface area contributed by atoms with Gasteiger partial charge in [-0.3, -0.25) is 14.8 Å². The number of aryl methyl sites for hydroxylation is 1. The minimum absolute atomic E-state index is 0.0395. The number of nitrogens with zero attached hydrogens (tertiary/aromatic N) is 2. The first-order valence-corrected chi connectivity index (χ1v) is 9.44. The van der Waals surface area contributed by atoms with E-state index in [1.165, 1.54) is 6.20 Å². The highest BCUT2D eigenvalue weighted by molar-refractivity contribution is 7.92. The fourth-order valence-electron chi connectivity index (χ4n) is 2.14. The third-order valence-corrected chi connectivity index (χ3v) is 4.85. The summed E-state index contributed by atoms with van der Waals surface area (Å²) >= 11 is 0. The van der Waals surface area contributed by atoms with E-state index >= 15 is 0 Å². The maximum absolute atomic E-state index is 11.9. The third-order valence-electron chi connectivity index (χ3n) is 3.48. The van der Waals surface area contributed by atoms with E-state index in [9.17, 15) is 18.5 Å². The summed E-state index contributed by atoms with van der Waals surface area (Å²) < 4.78 is 26.3. The van der Waals surface area contributed by atoms with Gasteiger partial charge in [-0.15, -0.1) is 0 Å². The molecule has 0 atom stereocenters. The number of pyridine rings is 1. The van der Waals surface area contributed by atoms with Crippen LogP contribution in [-0.2, 0) is 10.0 Å². The molecule has 25 heavy (non-hydrogen) atoms. The topological polar surface area (TPSA) is 114 Å². The van der Waals surface area contributed by atoms with Crippen molar-refractivity contribution in [2.75, 3.05) is 15.8 Å². The number of hydrogen-bond donors (Lipinski definition) is 2. The molecule has 0 amide bonds. The Morgan fingerprint density at radius 2 is 1.84 bits per heavy atom. The predicted octanol–water partition coefficient (Wildman–Crippen LogP) is 3.58. The number of sulfonamides is 1. The summed E-state index contributed by atoms with van der Waals surface area (Å²) in [4.78, 5) is 14.3. The van der Waals surface area contributed by atoms with E-state index < -0.39 is 14.9 Å². The van der Waals surface area contributed by atoms with E-state index in [0.29, 0.717) is 29.2 Å². The highest BCUT2D eigenvalue weighted by Crippen LogP contribution is 2.22.